The van der Waals surface area contributed by atoms with Crippen molar-refractivity contribution < 1.29 is 35.9 Å². The number of esters is 2. The van der Waals surface area contributed by atoms with E-state index in [0.29, 0.717) is 72.5 Å². The van der Waals surface area contributed by atoms with Crippen molar-refractivity contribution in [2.75, 3.05) is 13.1 Å². The molecule has 2 aliphatic heterocycles. The summed E-state index contributed by atoms with van der Waals surface area (Å²) in [6, 6.07) is 51.6. The van der Waals surface area contributed by atoms with Crippen LogP contribution in [0.1, 0.15) is 123 Å². The monoisotopic (exact) mass is 1090 g/mol. The maximum absolute atomic E-state index is 14.0. The van der Waals surface area contributed by atoms with Gasteiger partial charge in [0, 0.05) is 49.9 Å². The molecule has 0 N–H and O–H groups in total. The van der Waals surface area contributed by atoms with Crippen molar-refractivity contribution in [3.05, 3.63) is 226 Å². The van der Waals surface area contributed by atoms with Gasteiger partial charge in [-0.05, 0) is 133 Å². The fourth-order valence-electron chi connectivity index (χ4n) is 12.6. The molecule has 0 saturated heterocycles. The Labute approximate surface area is 463 Å². The van der Waals surface area contributed by atoms with Crippen molar-refractivity contribution in [1.29, 1.82) is 0 Å². The summed E-state index contributed by atoms with van der Waals surface area (Å²) in [5, 5.41) is 0. The average Bonchev–Trinajstić information content (AvgIpc) is 3.62. The summed E-state index contributed by atoms with van der Waals surface area (Å²) in [5.74, 6) is -0.211. The molecule has 6 aromatic rings. The van der Waals surface area contributed by atoms with Gasteiger partial charge in [-0.3, -0.25) is 0 Å². The molecule has 78 heavy (non-hydrogen) atoms. The predicted molar refractivity (Wildman–Crippen MR) is 307 cm³/mol. The molecule has 10 nitrogen and oxygen atoms in total. The summed E-state index contributed by atoms with van der Waals surface area (Å²) in [6.45, 7) is 17.3. The number of nitrogens with zero attached hydrogens (tertiary/aromatic N) is 2. The first-order valence-electron chi connectivity index (χ1n) is 27.7. The van der Waals surface area contributed by atoms with Gasteiger partial charge < -0.3 is 9.47 Å². The number of hydrogen-bond donors (Lipinski definition) is 0. The van der Waals surface area contributed by atoms with Crippen LogP contribution in [0.4, 0.5) is 0 Å². The largest absolute Gasteiger partial charge is 0.446 e. The number of carbonyl (C=O) groups is 2. The van der Waals surface area contributed by atoms with Crippen molar-refractivity contribution in [2.45, 2.75) is 127 Å². The normalized spacial score (nSPS) is 23.3. The highest BCUT2D eigenvalue weighted by molar-refractivity contribution is 7.89. The predicted octanol–water partition coefficient (Wildman–Crippen LogP) is 13.8. The third-order valence-corrected chi connectivity index (χ3v) is 20.0. The fourth-order valence-corrected chi connectivity index (χ4v) is 16.0. The number of ether oxygens (including phenoxy) is 2. The first-order valence-corrected chi connectivity index (χ1v) is 30.5. The van der Waals surface area contributed by atoms with Gasteiger partial charge in [0.25, 0.3) is 0 Å². The maximum atomic E-state index is 14.0. The highest BCUT2D eigenvalue weighted by Gasteiger charge is 2.61. The zero-order valence-electron chi connectivity index (χ0n) is 46.3. The van der Waals surface area contributed by atoms with E-state index >= 15 is 0 Å². The molecule has 10 rings (SSSR count). The second-order valence-electron chi connectivity index (χ2n) is 22.4. The van der Waals surface area contributed by atoms with Crippen LogP contribution in [0.2, 0.25) is 0 Å². The van der Waals surface area contributed by atoms with E-state index in [2.05, 4.69) is 41.5 Å². The van der Waals surface area contributed by atoms with Crippen LogP contribution >= 0.6 is 0 Å². The lowest BCUT2D eigenvalue weighted by Crippen LogP contribution is -2.59. The van der Waals surface area contributed by atoms with Crippen LogP contribution in [0.3, 0.4) is 0 Å². The zero-order valence-corrected chi connectivity index (χ0v) is 47.9. The minimum Gasteiger partial charge on any atom is -0.446 e. The van der Waals surface area contributed by atoms with Crippen molar-refractivity contribution in [1.82, 2.24) is 8.61 Å². The first kappa shape index (κ1) is 56.3. The SMILES string of the molecule is CCC1=C2[C@H](CN(S(=O)(=O)c3ccc(C)cc3)[C@H]1CC(C)C)C[C@@]2(OC(=O)c1ccccc1)c1ccccc1.CCC1=C2[C@H](CN(S(=O)(=O)c3ccc(C)cc3)[C@H]1CC(C)C)C[C@@]2(OC(=O)c1ccccc1)c1ccccc1. The Hall–Kier alpha value is -6.44. The second kappa shape index (κ2) is 23.1. The molecule has 4 aliphatic rings. The van der Waals surface area contributed by atoms with Gasteiger partial charge in [0.2, 0.25) is 20.0 Å². The van der Waals surface area contributed by atoms with Crippen molar-refractivity contribution in [2.24, 2.45) is 23.7 Å². The van der Waals surface area contributed by atoms with E-state index in [1.165, 1.54) is 0 Å². The van der Waals surface area contributed by atoms with Crippen LogP contribution in [0.25, 0.3) is 0 Å². The molecule has 6 atom stereocenters. The zero-order chi connectivity index (χ0) is 55.6. The molecule has 0 radical (unpaired) electrons. The van der Waals surface area contributed by atoms with E-state index in [1.807, 2.05) is 135 Å². The smallest absolute Gasteiger partial charge is 0.339 e. The summed E-state index contributed by atoms with van der Waals surface area (Å²) < 4.78 is 72.5. The molecule has 2 heterocycles. The van der Waals surface area contributed by atoms with Gasteiger partial charge >= 0.3 is 11.9 Å². The van der Waals surface area contributed by atoms with E-state index in [1.54, 1.807) is 57.1 Å². The van der Waals surface area contributed by atoms with Gasteiger partial charge in [-0.25, -0.2) is 26.4 Å². The summed E-state index contributed by atoms with van der Waals surface area (Å²) in [5.41, 5.74) is 7.44. The average molecular weight is 1090 g/mol. The van der Waals surface area contributed by atoms with Gasteiger partial charge in [0.15, 0.2) is 11.2 Å². The molecule has 0 unspecified atom stereocenters. The van der Waals surface area contributed by atoms with Gasteiger partial charge in [0.1, 0.15) is 0 Å². The van der Waals surface area contributed by atoms with Crippen molar-refractivity contribution >= 4 is 32.0 Å². The maximum Gasteiger partial charge on any atom is 0.339 e. The van der Waals surface area contributed by atoms with E-state index < -0.39 is 31.2 Å². The Balaban J connectivity index is 0.000000190. The molecule has 0 bridgehead atoms. The Morgan fingerprint density at radius 1 is 0.487 bits per heavy atom. The minimum absolute atomic E-state index is 0.0210. The number of hydrogen-bond acceptors (Lipinski definition) is 8. The molecule has 2 aliphatic carbocycles. The van der Waals surface area contributed by atoms with Gasteiger partial charge in [-0.15, -0.1) is 0 Å². The van der Waals surface area contributed by atoms with E-state index in [4.69, 9.17) is 9.47 Å². The second-order valence-corrected chi connectivity index (χ2v) is 26.1. The molecule has 0 spiro atoms. The van der Waals surface area contributed by atoms with Crippen LogP contribution in [0.15, 0.2) is 202 Å². The topological polar surface area (TPSA) is 127 Å². The Morgan fingerprint density at radius 3 is 1.09 bits per heavy atom. The molecule has 6 aromatic carbocycles. The number of carbonyl (C=O) groups excluding carboxylic acids is 2. The first-order chi connectivity index (χ1) is 37.3. The van der Waals surface area contributed by atoms with Crippen molar-refractivity contribution in [3.8, 4) is 0 Å². The summed E-state index contributed by atoms with van der Waals surface area (Å²) >= 11 is 0. The molecule has 0 aromatic heterocycles. The van der Waals surface area contributed by atoms with Gasteiger partial charge in [0.05, 0.1) is 20.9 Å². The van der Waals surface area contributed by atoms with E-state index in [-0.39, 0.29) is 47.7 Å². The summed E-state index contributed by atoms with van der Waals surface area (Å²) in [7, 11) is -7.43. The Bertz CT molecular complexity index is 3150. The molecule has 12 heteroatoms. The third kappa shape index (κ3) is 10.9. The molecular weight excluding hydrogens is 1010 g/mol. The van der Waals surface area contributed by atoms with E-state index in [0.717, 1.165) is 44.5 Å². The van der Waals surface area contributed by atoms with Crippen LogP contribution in [0, 0.1) is 37.5 Å². The number of aryl methyl sites for hydroxylation is 2. The summed E-state index contributed by atoms with van der Waals surface area (Å²) in [4.78, 5) is 27.5. The molecular formula is C66H74N2O8S2. The Morgan fingerprint density at radius 2 is 0.795 bits per heavy atom. The lowest BCUT2D eigenvalue weighted by Gasteiger charge is -2.56. The highest BCUT2D eigenvalue weighted by atomic mass is 32.2. The quantitative estimate of drug-likeness (QED) is 0.0692. The van der Waals surface area contributed by atoms with Crippen LogP contribution in [-0.4, -0.2) is 62.6 Å². The highest BCUT2D eigenvalue weighted by Crippen LogP contribution is 2.60. The van der Waals surface area contributed by atoms with Crippen LogP contribution in [-0.2, 0) is 40.7 Å². The van der Waals surface area contributed by atoms with Gasteiger partial charge in [-0.1, -0.05) is 174 Å². The lowest BCUT2D eigenvalue weighted by molar-refractivity contribution is -0.0572. The number of sulfonamides is 2. The number of rotatable bonds is 16. The molecule has 2 fully saturated rings. The van der Waals surface area contributed by atoms with Gasteiger partial charge in [-0.2, -0.15) is 8.61 Å². The fraction of sp³-hybridized carbons (Fsp3) is 0.364. The van der Waals surface area contributed by atoms with Crippen molar-refractivity contribution in [3.63, 3.8) is 0 Å². The number of fused-ring (bicyclic) bond motifs is 2. The molecule has 2 saturated carbocycles. The Kier molecular flexibility index (Phi) is 16.7. The standard InChI is InChI=1S/2C33H37NO4S/c2*1-5-29-30(20-23(2)3)34(39(36,37)28-18-16-24(4)17-19-28)22-26-21-33(31(26)29,27-14-10-7-11-15-27)38-32(35)25-12-8-6-9-13-25/h2*6-19,23,26,30H,5,20-22H2,1-4H3/t2*26-,30-,33+/m00/s1. The molecule has 0 amide bonds. The van der Waals surface area contributed by atoms with Crippen LogP contribution in [0.5, 0.6) is 0 Å². The lowest BCUT2D eigenvalue weighted by atomic mass is 9.58. The minimum atomic E-state index is -3.72. The molecule has 408 valence electrons. The third-order valence-electron chi connectivity index (χ3n) is 16.2. The van der Waals surface area contributed by atoms with Crippen LogP contribution < -0.4 is 0 Å². The van der Waals surface area contributed by atoms with E-state index in [9.17, 15) is 26.4 Å². The summed E-state index contributed by atoms with van der Waals surface area (Å²) in [6.07, 6.45) is 3.84. The number of benzene rings is 6.